The highest BCUT2D eigenvalue weighted by atomic mass is 16.6. The van der Waals surface area contributed by atoms with E-state index in [1.807, 2.05) is 0 Å². The Morgan fingerprint density at radius 2 is 1.04 bits per heavy atom. The molecule has 2 fully saturated rings. The molecule has 2 saturated carbocycles. The average Bonchev–Trinajstić information content (AvgIpc) is 3.10. The SMILES string of the molecule is O=C1OC(CCCCC2=NC3(CCCCC3)C(=O)O2)=NC12CCCCC2. The molecular weight excluding hydrogens is 332 g/mol. The number of unbranched alkanes of at least 4 members (excludes halogenated alkanes) is 1. The number of nitrogens with zero attached hydrogens (tertiary/aromatic N) is 2. The molecule has 0 saturated heterocycles. The summed E-state index contributed by atoms with van der Waals surface area (Å²) in [6, 6.07) is 0. The molecule has 0 aromatic rings. The van der Waals surface area contributed by atoms with Crippen LogP contribution in [0.5, 0.6) is 0 Å². The third-order valence-corrected chi connectivity index (χ3v) is 6.25. The average molecular weight is 360 g/mol. The Hall–Kier alpha value is -1.72. The van der Waals surface area contributed by atoms with Crippen LogP contribution in [0.25, 0.3) is 0 Å². The number of carbonyl (C=O) groups is 2. The minimum atomic E-state index is -0.577. The van der Waals surface area contributed by atoms with Gasteiger partial charge < -0.3 is 9.47 Å². The molecular formula is C20H28N2O4. The number of hydrogen-bond acceptors (Lipinski definition) is 6. The van der Waals surface area contributed by atoms with Crippen molar-refractivity contribution in [3.63, 3.8) is 0 Å². The lowest BCUT2D eigenvalue weighted by molar-refractivity contribution is -0.141. The second-order valence-electron chi connectivity index (χ2n) is 8.18. The maximum Gasteiger partial charge on any atom is 0.340 e. The van der Waals surface area contributed by atoms with Crippen LogP contribution in [-0.4, -0.2) is 34.8 Å². The smallest absolute Gasteiger partial charge is 0.340 e. The van der Waals surface area contributed by atoms with E-state index < -0.39 is 11.1 Å². The lowest BCUT2D eigenvalue weighted by Gasteiger charge is -2.25. The molecule has 6 heteroatoms. The van der Waals surface area contributed by atoms with Gasteiger partial charge in [-0.3, -0.25) is 0 Å². The van der Waals surface area contributed by atoms with Gasteiger partial charge in [0.2, 0.25) is 0 Å². The topological polar surface area (TPSA) is 77.3 Å². The van der Waals surface area contributed by atoms with Gasteiger partial charge in [0.25, 0.3) is 0 Å². The Morgan fingerprint density at radius 1 is 0.654 bits per heavy atom. The lowest BCUT2D eigenvalue weighted by atomic mass is 9.83. The third kappa shape index (κ3) is 3.30. The Kier molecular flexibility index (Phi) is 4.84. The highest BCUT2D eigenvalue weighted by Crippen LogP contribution is 2.38. The summed E-state index contributed by atoms with van der Waals surface area (Å²) in [7, 11) is 0. The number of esters is 2. The van der Waals surface area contributed by atoms with E-state index in [1.165, 1.54) is 12.8 Å². The molecule has 2 spiro atoms. The summed E-state index contributed by atoms with van der Waals surface area (Å²) in [5.41, 5.74) is -1.15. The first-order chi connectivity index (χ1) is 12.6. The highest BCUT2D eigenvalue weighted by molar-refractivity contribution is 6.00. The molecule has 2 heterocycles. The zero-order valence-corrected chi connectivity index (χ0v) is 15.4. The number of aliphatic imine (C=N–C) groups is 2. The van der Waals surface area contributed by atoms with Crippen LogP contribution >= 0.6 is 0 Å². The van der Waals surface area contributed by atoms with E-state index in [1.54, 1.807) is 0 Å². The fraction of sp³-hybridized carbons (Fsp3) is 0.800. The van der Waals surface area contributed by atoms with Gasteiger partial charge in [0.1, 0.15) is 0 Å². The standard InChI is InChI=1S/C20H28N2O4/c23-17-19(11-5-1-6-12-19)21-15(25-17)9-3-4-10-16-22-20(18(24)26-16)13-7-2-8-14-20/h1-14H2. The number of cyclic esters (lactones) is 2. The highest BCUT2D eigenvalue weighted by Gasteiger charge is 2.47. The van der Waals surface area contributed by atoms with Crippen LogP contribution in [0.1, 0.15) is 89.9 Å². The van der Waals surface area contributed by atoms with Gasteiger partial charge in [0.15, 0.2) is 22.9 Å². The Labute approximate surface area is 154 Å². The van der Waals surface area contributed by atoms with Crippen LogP contribution in [0, 0.1) is 0 Å². The van der Waals surface area contributed by atoms with Crippen molar-refractivity contribution in [3.8, 4) is 0 Å². The molecule has 0 radical (unpaired) electrons. The molecule has 4 aliphatic rings. The molecule has 2 aliphatic carbocycles. The monoisotopic (exact) mass is 360 g/mol. The van der Waals surface area contributed by atoms with E-state index in [-0.39, 0.29) is 11.9 Å². The van der Waals surface area contributed by atoms with Crippen molar-refractivity contribution in [2.24, 2.45) is 9.98 Å². The number of hydrogen-bond donors (Lipinski definition) is 0. The zero-order valence-electron chi connectivity index (χ0n) is 15.4. The molecule has 142 valence electrons. The lowest BCUT2D eigenvalue weighted by Crippen LogP contribution is -2.35. The van der Waals surface area contributed by atoms with Crippen LogP contribution in [-0.2, 0) is 19.1 Å². The van der Waals surface area contributed by atoms with Crippen LogP contribution in [0.3, 0.4) is 0 Å². The molecule has 0 bridgehead atoms. The van der Waals surface area contributed by atoms with E-state index in [9.17, 15) is 9.59 Å². The molecule has 6 nitrogen and oxygen atoms in total. The van der Waals surface area contributed by atoms with Gasteiger partial charge in [-0.1, -0.05) is 38.5 Å². The van der Waals surface area contributed by atoms with Gasteiger partial charge in [-0.15, -0.1) is 0 Å². The van der Waals surface area contributed by atoms with E-state index >= 15 is 0 Å². The third-order valence-electron chi connectivity index (χ3n) is 6.25. The van der Waals surface area contributed by atoms with Crippen molar-refractivity contribution in [1.29, 1.82) is 0 Å². The first-order valence-electron chi connectivity index (χ1n) is 10.2. The van der Waals surface area contributed by atoms with Gasteiger partial charge in [0.05, 0.1) is 0 Å². The number of carbonyl (C=O) groups excluding carboxylic acids is 2. The predicted molar refractivity (Wildman–Crippen MR) is 97.2 cm³/mol. The van der Waals surface area contributed by atoms with Crippen molar-refractivity contribution < 1.29 is 19.1 Å². The maximum absolute atomic E-state index is 12.2. The van der Waals surface area contributed by atoms with E-state index in [0.29, 0.717) is 24.6 Å². The van der Waals surface area contributed by atoms with Gasteiger partial charge in [-0.05, 0) is 38.5 Å². The van der Waals surface area contributed by atoms with Gasteiger partial charge in [-0.2, -0.15) is 0 Å². The molecule has 0 aromatic heterocycles. The van der Waals surface area contributed by atoms with Gasteiger partial charge >= 0.3 is 11.9 Å². The van der Waals surface area contributed by atoms with E-state index in [2.05, 4.69) is 9.98 Å². The van der Waals surface area contributed by atoms with Crippen molar-refractivity contribution >= 4 is 23.7 Å². The first-order valence-corrected chi connectivity index (χ1v) is 10.2. The summed E-state index contributed by atoms with van der Waals surface area (Å²) < 4.78 is 10.9. The Balaban J connectivity index is 1.26. The Bertz CT molecular complexity index is 584. The van der Waals surface area contributed by atoms with Crippen molar-refractivity contribution in [2.75, 3.05) is 0 Å². The molecule has 26 heavy (non-hydrogen) atoms. The second-order valence-corrected chi connectivity index (χ2v) is 8.18. The van der Waals surface area contributed by atoms with Crippen molar-refractivity contribution in [2.45, 2.75) is 101 Å². The predicted octanol–water partition coefficient (Wildman–Crippen LogP) is 3.86. The van der Waals surface area contributed by atoms with Crippen LogP contribution in [0.15, 0.2) is 9.98 Å². The zero-order chi connectivity index (χ0) is 18.0. The van der Waals surface area contributed by atoms with Crippen molar-refractivity contribution in [3.05, 3.63) is 0 Å². The summed E-state index contributed by atoms with van der Waals surface area (Å²) >= 11 is 0. The molecule has 0 aromatic carbocycles. The summed E-state index contributed by atoms with van der Waals surface area (Å²) in [6.07, 6.45) is 12.9. The number of ether oxygens (including phenoxy) is 2. The molecule has 0 unspecified atom stereocenters. The van der Waals surface area contributed by atoms with Gasteiger partial charge in [-0.25, -0.2) is 19.6 Å². The summed E-state index contributed by atoms with van der Waals surface area (Å²) in [6.45, 7) is 0. The maximum atomic E-state index is 12.2. The largest absolute Gasteiger partial charge is 0.410 e. The van der Waals surface area contributed by atoms with Crippen molar-refractivity contribution in [1.82, 2.24) is 0 Å². The fourth-order valence-electron chi connectivity index (χ4n) is 4.69. The minimum absolute atomic E-state index is 0.152. The normalized spacial score (nSPS) is 26.6. The van der Waals surface area contributed by atoms with Crippen LogP contribution in [0.2, 0.25) is 0 Å². The first kappa shape index (κ1) is 17.7. The van der Waals surface area contributed by atoms with E-state index in [4.69, 9.17) is 9.47 Å². The fourth-order valence-corrected chi connectivity index (χ4v) is 4.69. The van der Waals surface area contributed by atoms with Crippen LogP contribution < -0.4 is 0 Å². The summed E-state index contributed by atoms with van der Waals surface area (Å²) in [5, 5.41) is 0. The molecule has 0 N–H and O–H groups in total. The quantitative estimate of drug-likeness (QED) is 0.551. The Morgan fingerprint density at radius 3 is 1.42 bits per heavy atom. The summed E-state index contributed by atoms with van der Waals surface area (Å²) in [4.78, 5) is 33.7. The summed E-state index contributed by atoms with van der Waals surface area (Å²) in [5.74, 6) is 0.873. The number of rotatable bonds is 5. The van der Waals surface area contributed by atoms with E-state index in [0.717, 1.165) is 64.2 Å². The molecule has 4 rings (SSSR count). The second kappa shape index (κ2) is 7.12. The molecule has 0 atom stereocenters. The van der Waals surface area contributed by atoms with Gasteiger partial charge in [0, 0.05) is 12.8 Å². The minimum Gasteiger partial charge on any atom is -0.410 e. The molecule has 2 aliphatic heterocycles. The van der Waals surface area contributed by atoms with Crippen LogP contribution in [0.4, 0.5) is 0 Å². The molecule has 0 amide bonds.